The van der Waals surface area contributed by atoms with Gasteiger partial charge in [0, 0.05) is 23.5 Å². The van der Waals surface area contributed by atoms with E-state index >= 15 is 0 Å². The van der Waals surface area contributed by atoms with Gasteiger partial charge in [0.15, 0.2) is 11.5 Å². The molecular formula is C21H23N3O6S2. The van der Waals surface area contributed by atoms with Crippen molar-refractivity contribution in [2.75, 3.05) is 32.1 Å². The summed E-state index contributed by atoms with van der Waals surface area (Å²) in [7, 11) is -3.53. The molecule has 0 spiro atoms. The molecule has 0 atom stereocenters. The minimum atomic E-state index is -3.53. The SMILES string of the molecule is O=C(CSc1ccc2c(c1)OCCO2)NNC(=O)c1ccc(S(=O)(=O)N2CCCC2)cc1. The number of thioether (sulfide) groups is 1. The molecule has 2 heterocycles. The van der Waals surface area contributed by atoms with Gasteiger partial charge in [-0.3, -0.25) is 20.4 Å². The summed E-state index contributed by atoms with van der Waals surface area (Å²) in [4.78, 5) is 25.4. The average molecular weight is 478 g/mol. The largest absolute Gasteiger partial charge is 0.486 e. The van der Waals surface area contributed by atoms with Gasteiger partial charge in [0.1, 0.15) is 13.2 Å². The molecule has 2 aromatic carbocycles. The fraction of sp³-hybridized carbons (Fsp3) is 0.333. The summed E-state index contributed by atoms with van der Waals surface area (Å²) in [6.45, 7) is 2.03. The summed E-state index contributed by atoms with van der Waals surface area (Å²) < 4.78 is 37.5. The number of nitrogens with zero attached hydrogens (tertiary/aromatic N) is 1. The first kappa shape index (κ1) is 22.4. The van der Waals surface area contributed by atoms with E-state index in [1.165, 1.54) is 40.3 Å². The third-order valence-corrected chi connectivity index (χ3v) is 7.92. The van der Waals surface area contributed by atoms with Crippen LogP contribution in [0.4, 0.5) is 0 Å². The molecule has 2 aromatic rings. The van der Waals surface area contributed by atoms with Gasteiger partial charge < -0.3 is 9.47 Å². The van der Waals surface area contributed by atoms with E-state index in [1.807, 2.05) is 12.1 Å². The van der Waals surface area contributed by atoms with E-state index in [1.54, 1.807) is 6.07 Å². The van der Waals surface area contributed by atoms with Gasteiger partial charge in [-0.2, -0.15) is 4.31 Å². The summed E-state index contributed by atoms with van der Waals surface area (Å²) in [6, 6.07) is 11.1. The molecule has 1 fully saturated rings. The van der Waals surface area contributed by atoms with E-state index < -0.39 is 15.9 Å². The molecule has 32 heavy (non-hydrogen) atoms. The minimum absolute atomic E-state index is 0.0902. The van der Waals surface area contributed by atoms with E-state index in [2.05, 4.69) is 10.9 Å². The first-order valence-corrected chi connectivity index (χ1v) is 12.6. The van der Waals surface area contributed by atoms with Gasteiger partial charge in [-0.15, -0.1) is 11.8 Å². The van der Waals surface area contributed by atoms with E-state index in [-0.39, 0.29) is 22.1 Å². The van der Waals surface area contributed by atoms with Crippen molar-refractivity contribution < 1.29 is 27.5 Å². The zero-order chi connectivity index (χ0) is 22.6. The quantitative estimate of drug-likeness (QED) is 0.482. The molecule has 9 nitrogen and oxygen atoms in total. The Morgan fingerprint density at radius 3 is 2.34 bits per heavy atom. The van der Waals surface area contributed by atoms with Gasteiger partial charge in [-0.1, -0.05) is 0 Å². The number of carbonyl (C=O) groups excluding carboxylic acids is 2. The molecule has 1 saturated heterocycles. The fourth-order valence-electron chi connectivity index (χ4n) is 3.35. The molecule has 170 valence electrons. The normalized spacial score (nSPS) is 15.9. The number of benzene rings is 2. The number of amides is 2. The monoisotopic (exact) mass is 477 g/mol. The van der Waals surface area contributed by atoms with Gasteiger partial charge >= 0.3 is 0 Å². The van der Waals surface area contributed by atoms with Gasteiger partial charge in [0.2, 0.25) is 15.9 Å². The molecule has 0 radical (unpaired) electrons. The number of hydrogen-bond acceptors (Lipinski definition) is 7. The Balaban J connectivity index is 1.26. The minimum Gasteiger partial charge on any atom is -0.486 e. The molecule has 2 N–H and O–H groups in total. The number of rotatable bonds is 6. The maximum absolute atomic E-state index is 12.6. The van der Waals surface area contributed by atoms with E-state index in [9.17, 15) is 18.0 Å². The number of fused-ring (bicyclic) bond motifs is 1. The molecule has 2 aliphatic heterocycles. The van der Waals surface area contributed by atoms with E-state index in [4.69, 9.17) is 9.47 Å². The van der Waals surface area contributed by atoms with Crippen molar-refractivity contribution in [2.24, 2.45) is 0 Å². The van der Waals surface area contributed by atoms with Crippen molar-refractivity contribution in [1.29, 1.82) is 0 Å². The summed E-state index contributed by atoms with van der Waals surface area (Å²) in [5.74, 6) is 0.494. The Bertz CT molecular complexity index is 1100. The van der Waals surface area contributed by atoms with Gasteiger partial charge in [-0.25, -0.2) is 8.42 Å². The Kier molecular flexibility index (Phi) is 6.87. The molecule has 0 bridgehead atoms. The second-order valence-corrected chi connectivity index (χ2v) is 10.2. The van der Waals surface area contributed by atoms with E-state index in [0.717, 1.165) is 17.7 Å². The zero-order valence-electron chi connectivity index (χ0n) is 17.2. The molecular weight excluding hydrogens is 454 g/mol. The maximum Gasteiger partial charge on any atom is 0.269 e. The average Bonchev–Trinajstić information content (AvgIpc) is 3.37. The van der Waals surface area contributed by atoms with Crippen LogP contribution < -0.4 is 20.3 Å². The van der Waals surface area contributed by atoms with Crippen LogP contribution in [0.25, 0.3) is 0 Å². The van der Waals surface area contributed by atoms with Crippen molar-refractivity contribution in [3.8, 4) is 11.5 Å². The topological polar surface area (TPSA) is 114 Å². The Morgan fingerprint density at radius 1 is 0.938 bits per heavy atom. The first-order chi connectivity index (χ1) is 15.4. The van der Waals surface area contributed by atoms with Crippen LogP contribution in [0.3, 0.4) is 0 Å². The number of hydrazine groups is 1. The number of carbonyl (C=O) groups is 2. The van der Waals surface area contributed by atoms with Crippen LogP contribution >= 0.6 is 11.8 Å². The first-order valence-electron chi connectivity index (χ1n) is 10.2. The van der Waals surface area contributed by atoms with Crippen molar-refractivity contribution in [3.05, 3.63) is 48.0 Å². The molecule has 0 aromatic heterocycles. The van der Waals surface area contributed by atoms with Gasteiger partial charge in [-0.05, 0) is 55.3 Å². The molecule has 0 saturated carbocycles. The van der Waals surface area contributed by atoms with Crippen molar-refractivity contribution in [2.45, 2.75) is 22.6 Å². The van der Waals surface area contributed by atoms with Crippen LogP contribution in [-0.4, -0.2) is 56.6 Å². The van der Waals surface area contributed by atoms with Crippen LogP contribution in [0.15, 0.2) is 52.3 Å². The predicted octanol–water partition coefficient (Wildman–Crippen LogP) is 1.80. The Labute approximate surface area is 190 Å². The highest BCUT2D eigenvalue weighted by atomic mass is 32.2. The standard InChI is InChI=1S/C21H23N3O6S2/c25-20(14-31-16-5-8-18-19(13-16)30-12-11-29-18)22-23-21(26)15-3-6-17(7-4-15)32(27,28)24-9-1-2-10-24/h3-8,13H,1-2,9-12,14H2,(H,22,25)(H,23,26). The lowest BCUT2D eigenvalue weighted by Crippen LogP contribution is -2.42. The van der Waals surface area contributed by atoms with Crippen molar-refractivity contribution in [3.63, 3.8) is 0 Å². The lowest BCUT2D eigenvalue weighted by molar-refractivity contribution is -0.119. The Hall–Kier alpha value is -2.76. The molecule has 2 aliphatic rings. The Morgan fingerprint density at radius 2 is 1.62 bits per heavy atom. The molecule has 0 aliphatic carbocycles. The van der Waals surface area contributed by atoms with Crippen LogP contribution in [0, 0.1) is 0 Å². The maximum atomic E-state index is 12.6. The molecule has 4 rings (SSSR count). The molecule has 0 unspecified atom stereocenters. The van der Waals surface area contributed by atoms with Crippen molar-refractivity contribution >= 4 is 33.6 Å². The van der Waals surface area contributed by atoms with Crippen LogP contribution in [0.2, 0.25) is 0 Å². The highest BCUT2D eigenvalue weighted by Gasteiger charge is 2.27. The third kappa shape index (κ3) is 5.17. The van der Waals surface area contributed by atoms with Gasteiger partial charge in [0.25, 0.3) is 5.91 Å². The van der Waals surface area contributed by atoms with E-state index in [0.29, 0.717) is 37.8 Å². The lowest BCUT2D eigenvalue weighted by Gasteiger charge is -2.18. The third-order valence-electron chi connectivity index (χ3n) is 5.02. The number of sulfonamides is 1. The summed E-state index contributed by atoms with van der Waals surface area (Å²) in [5.41, 5.74) is 4.94. The molecule has 11 heteroatoms. The summed E-state index contributed by atoms with van der Waals surface area (Å²) in [6.07, 6.45) is 1.71. The predicted molar refractivity (Wildman–Crippen MR) is 118 cm³/mol. The highest BCUT2D eigenvalue weighted by Crippen LogP contribution is 2.34. The fourth-order valence-corrected chi connectivity index (χ4v) is 5.59. The molecule has 2 amide bonds. The number of nitrogens with one attached hydrogen (secondary N) is 2. The second-order valence-electron chi connectivity index (χ2n) is 7.23. The summed E-state index contributed by atoms with van der Waals surface area (Å²) >= 11 is 1.30. The van der Waals surface area contributed by atoms with Gasteiger partial charge in [0.05, 0.1) is 10.6 Å². The van der Waals surface area contributed by atoms with Crippen LogP contribution in [0.1, 0.15) is 23.2 Å². The van der Waals surface area contributed by atoms with Crippen LogP contribution in [0.5, 0.6) is 11.5 Å². The smallest absolute Gasteiger partial charge is 0.269 e. The second kappa shape index (κ2) is 9.80. The number of hydrogen-bond donors (Lipinski definition) is 2. The summed E-state index contributed by atoms with van der Waals surface area (Å²) in [5, 5.41) is 0. The highest BCUT2D eigenvalue weighted by molar-refractivity contribution is 8.00. The lowest BCUT2D eigenvalue weighted by atomic mass is 10.2. The van der Waals surface area contributed by atoms with Crippen molar-refractivity contribution in [1.82, 2.24) is 15.2 Å². The van der Waals surface area contributed by atoms with Crippen LogP contribution in [-0.2, 0) is 14.8 Å². The number of ether oxygens (including phenoxy) is 2. The zero-order valence-corrected chi connectivity index (χ0v) is 18.8.